The van der Waals surface area contributed by atoms with E-state index in [4.69, 9.17) is 4.74 Å². The molecule has 2 fully saturated rings. The summed E-state index contributed by atoms with van der Waals surface area (Å²) in [5.74, 6) is 0. The minimum absolute atomic E-state index is 0.00116. The van der Waals surface area contributed by atoms with E-state index in [1.54, 1.807) is 0 Å². The number of ether oxygens (including phenoxy) is 1. The van der Waals surface area contributed by atoms with Gasteiger partial charge in [0, 0.05) is 11.8 Å². The molecule has 1 aliphatic carbocycles. The summed E-state index contributed by atoms with van der Waals surface area (Å²) in [6.45, 7) is 10.2. The lowest BCUT2D eigenvalue weighted by molar-refractivity contribution is 0.0516. The van der Waals surface area contributed by atoms with Crippen molar-refractivity contribution in [1.82, 2.24) is 0 Å². The fourth-order valence-corrected chi connectivity index (χ4v) is 3.17. The average molecular weight is 182 g/mol. The van der Waals surface area contributed by atoms with Crippen LogP contribution in [-0.4, -0.2) is 22.4 Å². The second-order valence-corrected chi connectivity index (χ2v) is 5.22. The van der Waals surface area contributed by atoms with Crippen LogP contribution in [0.2, 0.25) is 0 Å². The van der Waals surface area contributed by atoms with Gasteiger partial charge in [0.25, 0.3) is 0 Å². The van der Waals surface area contributed by atoms with Gasteiger partial charge in [-0.05, 0) is 13.3 Å². The molecule has 3 atom stereocenters. The molecule has 1 aliphatic heterocycles. The van der Waals surface area contributed by atoms with Crippen molar-refractivity contribution in [3.63, 3.8) is 0 Å². The first kappa shape index (κ1) is 9.22. The lowest BCUT2D eigenvalue weighted by Gasteiger charge is -2.38. The molecule has 13 heavy (non-hydrogen) atoms. The second-order valence-electron chi connectivity index (χ2n) is 5.22. The molecule has 1 N–H and O–H groups in total. The predicted octanol–water partition coefficient (Wildman–Crippen LogP) is 1.88. The number of rotatable bonds is 1. The van der Waals surface area contributed by atoms with Crippen LogP contribution in [0, 0.1) is 5.41 Å². The highest BCUT2D eigenvalue weighted by Gasteiger charge is 2.74. The molecule has 2 aliphatic rings. The summed E-state index contributed by atoms with van der Waals surface area (Å²) in [6, 6.07) is 0. The van der Waals surface area contributed by atoms with E-state index in [2.05, 4.69) is 27.4 Å². The SMILES string of the molecule is C=CC12OC1(C)CC(O)CC2(C)C. The van der Waals surface area contributed by atoms with E-state index in [0.29, 0.717) is 0 Å². The Morgan fingerprint density at radius 1 is 1.38 bits per heavy atom. The van der Waals surface area contributed by atoms with Crippen LogP contribution in [0.4, 0.5) is 0 Å². The van der Waals surface area contributed by atoms with Gasteiger partial charge >= 0.3 is 0 Å². The molecule has 1 heterocycles. The maximum absolute atomic E-state index is 9.70. The number of fused-ring (bicyclic) bond motifs is 1. The molecule has 0 aromatic carbocycles. The van der Waals surface area contributed by atoms with Gasteiger partial charge in [-0.1, -0.05) is 19.9 Å². The van der Waals surface area contributed by atoms with Crippen LogP contribution in [0.1, 0.15) is 33.6 Å². The first-order valence-corrected chi connectivity index (χ1v) is 4.89. The molecular weight excluding hydrogens is 164 g/mol. The normalized spacial score (nSPS) is 52.5. The van der Waals surface area contributed by atoms with Crippen LogP contribution in [0.25, 0.3) is 0 Å². The molecule has 2 rings (SSSR count). The van der Waals surface area contributed by atoms with Crippen molar-refractivity contribution in [2.45, 2.75) is 50.9 Å². The highest BCUT2D eigenvalue weighted by atomic mass is 16.6. The van der Waals surface area contributed by atoms with Crippen LogP contribution >= 0.6 is 0 Å². The Bertz CT molecular complexity index is 259. The van der Waals surface area contributed by atoms with Crippen LogP contribution in [0.15, 0.2) is 12.7 Å². The zero-order chi connectivity index (χ0) is 9.91. The molecule has 2 nitrogen and oxygen atoms in total. The Balaban J connectivity index is 2.36. The summed E-state index contributed by atoms with van der Waals surface area (Å²) in [5.41, 5.74) is -0.365. The lowest BCUT2D eigenvalue weighted by Crippen LogP contribution is -2.45. The van der Waals surface area contributed by atoms with Gasteiger partial charge in [-0.3, -0.25) is 0 Å². The number of aliphatic hydroxyl groups is 1. The summed E-state index contributed by atoms with van der Waals surface area (Å²) in [6.07, 6.45) is 3.23. The highest BCUT2D eigenvalue weighted by molar-refractivity contribution is 5.30. The van der Waals surface area contributed by atoms with Gasteiger partial charge in [0.1, 0.15) is 11.2 Å². The summed E-state index contributed by atoms with van der Waals surface area (Å²) in [5, 5.41) is 9.70. The van der Waals surface area contributed by atoms with Crippen molar-refractivity contribution in [1.29, 1.82) is 0 Å². The van der Waals surface area contributed by atoms with Crippen LogP contribution in [-0.2, 0) is 4.74 Å². The van der Waals surface area contributed by atoms with E-state index in [0.717, 1.165) is 12.8 Å². The first-order valence-electron chi connectivity index (χ1n) is 4.89. The van der Waals surface area contributed by atoms with E-state index in [9.17, 15) is 5.11 Å². The lowest BCUT2D eigenvalue weighted by atomic mass is 9.63. The van der Waals surface area contributed by atoms with Crippen molar-refractivity contribution in [3.8, 4) is 0 Å². The molecule has 0 aromatic rings. The van der Waals surface area contributed by atoms with Gasteiger partial charge < -0.3 is 9.84 Å². The average Bonchev–Trinajstić information content (AvgIpc) is 2.55. The van der Waals surface area contributed by atoms with Crippen molar-refractivity contribution in [2.24, 2.45) is 5.41 Å². The summed E-state index contributed by atoms with van der Waals surface area (Å²) >= 11 is 0. The molecule has 0 amide bonds. The number of hydrogen-bond acceptors (Lipinski definition) is 2. The summed E-state index contributed by atoms with van der Waals surface area (Å²) in [7, 11) is 0. The van der Waals surface area contributed by atoms with E-state index in [1.165, 1.54) is 0 Å². The van der Waals surface area contributed by atoms with E-state index < -0.39 is 0 Å². The third kappa shape index (κ3) is 0.906. The number of hydrogen-bond donors (Lipinski definition) is 1. The molecular formula is C11H18O2. The molecule has 74 valence electrons. The van der Waals surface area contributed by atoms with Crippen molar-refractivity contribution in [2.75, 3.05) is 0 Å². The Hall–Kier alpha value is -0.340. The van der Waals surface area contributed by atoms with Gasteiger partial charge in [-0.15, -0.1) is 6.58 Å². The van der Waals surface area contributed by atoms with Gasteiger partial charge in [-0.25, -0.2) is 0 Å². The summed E-state index contributed by atoms with van der Waals surface area (Å²) in [4.78, 5) is 0. The van der Waals surface area contributed by atoms with Crippen molar-refractivity contribution >= 4 is 0 Å². The van der Waals surface area contributed by atoms with Crippen molar-refractivity contribution in [3.05, 3.63) is 12.7 Å². The van der Waals surface area contributed by atoms with Gasteiger partial charge in [-0.2, -0.15) is 0 Å². The largest absolute Gasteiger partial charge is 0.393 e. The van der Waals surface area contributed by atoms with Crippen LogP contribution < -0.4 is 0 Å². The highest BCUT2D eigenvalue weighted by Crippen LogP contribution is 2.65. The molecule has 1 saturated heterocycles. The zero-order valence-corrected chi connectivity index (χ0v) is 8.63. The topological polar surface area (TPSA) is 32.8 Å². The quantitative estimate of drug-likeness (QED) is 0.496. The zero-order valence-electron chi connectivity index (χ0n) is 8.63. The number of epoxide rings is 1. The van der Waals surface area contributed by atoms with Crippen LogP contribution in [0.3, 0.4) is 0 Å². The van der Waals surface area contributed by atoms with Gasteiger partial charge in [0.05, 0.1) is 6.10 Å². The van der Waals surface area contributed by atoms with E-state index >= 15 is 0 Å². The number of aliphatic hydroxyl groups excluding tert-OH is 1. The predicted molar refractivity (Wildman–Crippen MR) is 51.4 cm³/mol. The summed E-state index contributed by atoms with van der Waals surface area (Å²) < 4.78 is 5.81. The van der Waals surface area contributed by atoms with E-state index in [-0.39, 0.29) is 22.7 Å². The van der Waals surface area contributed by atoms with Crippen LogP contribution in [0.5, 0.6) is 0 Å². The Kier molecular flexibility index (Phi) is 1.55. The smallest absolute Gasteiger partial charge is 0.121 e. The molecule has 0 bridgehead atoms. The Morgan fingerprint density at radius 3 is 2.46 bits per heavy atom. The molecule has 3 unspecified atom stereocenters. The Morgan fingerprint density at radius 2 is 2.00 bits per heavy atom. The third-order valence-corrected chi connectivity index (χ3v) is 3.79. The molecule has 2 heteroatoms. The van der Waals surface area contributed by atoms with Crippen molar-refractivity contribution < 1.29 is 9.84 Å². The minimum Gasteiger partial charge on any atom is -0.393 e. The molecule has 0 spiro atoms. The first-order chi connectivity index (χ1) is 5.87. The fraction of sp³-hybridized carbons (Fsp3) is 0.818. The van der Waals surface area contributed by atoms with Gasteiger partial charge in [0.15, 0.2) is 0 Å². The fourth-order valence-electron chi connectivity index (χ4n) is 3.17. The monoisotopic (exact) mass is 182 g/mol. The maximum Gasteiger partial charge on any atom is 0.121 e. The standard InChI is InChI=1S/C11H18O2/c1-5-11-9(2,3)6-8(12)7-10(11,4)13-11/h5,8,12H,1,6-7H2,2-4H3. The third-order valence-electron chi connectivity index (χ3n) is 3.79. The molecule has 0 radical (unpaired) electrons. The minimum atomic E-state index is -0.226. The maximum atomic E-state index is 9.70. The van der Waals surface area contributed by atoms with Gasteiger partial charge in [0.2, 0.25) is 0 Å². The molecule has 0 aromatic heterocycles. The van der Waals surface area contributed by atoms with E-state index in [1.807, 2.05) is 6.08 Å². The molecule has 1 saturated carbocycles. The second kappa shape index (κ2) is 2.18. The Labute approximate surface area is 79.6 Å².